The van der Waals surface area contributed by atoms with Crippen molar-refractivity contribution in [1.82, 2.24) is 14.5 Å². The van der Waals surface area contributed by atoms with Gasteiger partial charge in [0.2, 0.25) is 11.8 Å². The number of thiophene rings is 1. The average molecular weight is 408 g/mol. The Kier molecular flexibility index (Phi) is 4.70. The Morgan fingerprint density at radius 3 is 2.56 bits per heavy atom. The number of halogens is 1. The molecular formula is C17H17FN4O3S2. The summed E-state index contributed by atoms with van der Waals surface area (Å²) in [5.74, 6) is 0.422. The van der Waals surface area contributed by atoms with E-state index in [2.05, 4.69) is 10.2 Å². The molecule has 0 saturated carbocycles. The molecule has 0 spiro atoms. The average Bonchev–Trinajstić information content (AvgIpc) is 3.32. The van der Waals surface area contributed by atoms with Gasteiger partial charge in [0, 0.05) is 38.5 Å². The van der Waals surface area contributed by atoms with Gasteiger partial charge >= 0.3 is 0 Å². The van der Waals surface area contributed by atoms with Crippen molar-refractivity contribution in [3.05, 3.63) is 47.4 Å². The predicted octanol–water partition coefficient (Wildman–Crippen LogP) is 2.76. The van der Waals surface area contributed by atoms with Crippen LogP contribution in [-0.2, 0) is 10.0 Å². The summed E-state index contributed by atoms with van der Waals surface area (Å²) in [4.78, 5) is 1.86. The third kappa shape index (κ3) is 3.47. The van der Waals surface area contributed by atoms with E-state index in [-0.39, 0.29) is 10.0 Å². The van der Waals surface area contributed by atoms with Crippen molar-refractivity contribution in [2.24, 2.45) is 0 Å². The van der Waals surface area contributed by atoms with Crippen LogP contribution in [0.2, 0.25) is 0 Å². The maximum atomic E-state index is 13.9. The highest BCUT2D eigenvalue weighted by Gasteiger charge is 2.30. The molecule has 7 nitrogen and oxygen atoms in total. The molecule has 0 N–H and O–H groups in total. The molecular weight excluding hydrogens is 391 g/mol. The molecule has 2 aromatic heterocycles. The fourth-order valence-electron chi connectivity index (χ4n) is 2.98. The van der Waals surface area contributed by atoms with Crippen molar-refractivity contribution in [1.29, 1.82) is 0 Å². The van der Waals surface area contributed by atoms with E-state index in [0.29, 0.717) is 49.2 Å². The van der Waals surface area contributed by atoms with Crippen LogP contribution < -0.4 is 4.90 Å². The molecule has 27 heavy (non-hydrogen) atoms. The first kappa shape index (κ1) is 18.1. The summed E-state index contributed by atoms with van der Waals surface area (Å²) < 4.78 is 46.8. The topological polar surface area (TPSA) is 79.5 Å². The Morgan fingerprint density at radius 1 is 1.15 bits per heavy atom. The van der Waals surface area contributed by atoms with E-state index in [0.717, 1.165) is 11.3 Å². The summed E-state index contributed by atoms with van der Waals surface area (Å²) in [6.07, 6.45) is 0. The van der Waals surface area contributed by atoms with E-state index >= 15 is 0 Å². The number of para-hydroxylation sites is 1. The predicted molar refractivity (Wildman–Crippen MR) is 99.7 cm³/mol. The lowest BCUT2D eigenvalue weighted by atomic mass is 10.2. The van der Waals surface area contributed by atoms with Crippen LogP contribution in [-0.4, -0.2) is 49.1 Å². The number of aryl methyl sites for hydroxylation is 1. The van der Waals surface area contributed by atoms with Crippen LogP contribution in [0.4, 0.5) is 10.1 Å². The summed E-state index contributed by atoms with van der Waals surface area (Å²) in [7, 11) is -3.62. The second-order valence-corrected chi connectivity index (χ2v) is 9.20. The number of anilines is 1. The van der Waals surface area contributed by atoms with Gasteiger partial charge in [-0.15, -0.1) is 21.5 Å². The van der Waals surface area contributed by atoms with Gasteiger partial charge in [-0.1, -0.05) is 12.1 Å². The molecule has 0 aliphatic carbocycles. The van der Waals surface area contributed by atoms with E-state index in [9.17, 15) is 12.8 Å². The van der Waals surface area contributed by atoms with E-state index in [1.54, 1.807) is 36.6 Å². The van der Waals surface area contributed by atoms with Crippen LogP contribution in [0.5, 0.6) is 0 Å². The van der Waals surface area contributed by atoms with Crippen molar-refractivity contribution in [3.8, 4) is 11.5 Å². The lowest BCUT2D eigenvalue weighted by molar-refractivity contribution is 0.384. The van der Waals surface area contributed by atoms with Crippen molar-refractivity contribution >= 4 is 27.0 Å². The number of hydrogen-bond acceptors (Lipinski definition) is 7. The Bertz CT molecular complexity index is 1060. The number of nitrogens with zero attached hydrogens (tertiary/aromatic N) is 4. The molecule has 4 rings (SSSR count). The minimum absolute atomic E-state index is 0.229. The van der Waals surface area contributed by atoms with Crippen LogP contribution in [0.15, 0.2) is 44.3 Å². The number of rotatable bonds is 4. The molecule has 0 radical (unpaired) electrons. The van der Waals surface area contributed by atoms with Crippen LogP contribution in [0.1, 0.15) is 5.89 Å². The smallest absolute Gasteiger partial charge is 0.252 e. The summed E-state index contributed by atoms with van der Waals surface area (Å²) in [6.45, 7) is 3.13. The fourth-order valence-corrected chi connectivity index (χ4v) is 5.71. The highest BCUT2D eigenvalue weighted by molar-refractivity contribution is 7.91. The molecule has 0 atom stereocenters. The molecule has 1 fully saturated rings. The number of sulfonamides is 1. The lowest BCUT2D eigenvalue weighted by Gasteiger charge is -2.35. The molecule has 1 aliphatic heterocycles. The maximum Gasteiger partial charge on any atom is 0.252 e. The Balaban J connectivity index is 1.49. The Hall–Kier alpha value is -2.30. The largest absolute Gasteiger partial charge is 0.421 e. The zero-order chi connectivity index (χ0) is 19.0. The molecule has 10 heteroatoms. The highest BCUT2D eigenvalue weighted by atomic mass is 32.2. The second-order valence-electron chi connectivity index (χ2n) is 6.12. The van der Waals surface area contributed by atoms with Crippen molar-refractivity contribution in [2.45, 2.75) is 11.1 Å². The van der Waals surface area contributed by atoms with Crippen LogP contribution >= 0.6 is 11.3 Å². The third-order valence-electron chi connectivity index (χ3n) is 4.37. The van der Waals surface area contributed by atoms with Gasteiger partial charge in [-0.25, -0.2) is 12.8 Å². The molecule has 0 bridgehead atoms. The summed E-state index contributed by atoms with van der Waals surface area (Å²) in [5, 5.41) is 9.37. The van der Waals surface area contributed by atoms with Crippen molar-refractivity contribution in [3.63, 3.8) is 0 Å². The molecule has 3 heterocycles. The zero-order valence-corrected chi connectivity index (χ0v) is 16.1. The Morgan fingerprint density at radius 2 is 1.89 bits per heavy atom. The summed E-state index contributed by atoms with van der Waals surface area (Å²) in [5.41, 5.74) is 1.09. The highest BCUT2D eigenvalue weighted by Crippen LogP contribution is 2.30. The summed E-state index contributed by atoms with van der Waals surface area (Å²) in [6, 6.07) is 8.07. The molecule has 1 saturated heterocycles. The molecule has 3 aromatic rings. The SMILES string of the molecule is Cc1nnc(-c2csc(S(=O)(=O)N3CCN(c4ccccc4F)CC3)c2)o1. The standard InChI is InChI=1S/C17H17FN4O3S2/c1-12-19-20-17(25-12)13-10-16(26-11-13)27(23,24)22-8-6-21(7-9-22)15-5-3-2-4-14(15)18/h2-5,10-11H,6-9H2,1H3. The molecule has 0 amide bonds. The van der Waals surface area contributed by atoms with Gasteiger partial charge in [-0.3, -0.25) is 0 Å². The third-order valence-corrected chi connectivity index (χ3v) is 7.69. The minimum atomic E-state index is -3.62. The second kappa shape index (κ2) is 7.02. The van der Waals surface area contributed by atoms with Gasteiger partial charge < -0.3 is 9.32 Å². The van der Waals surface area contributed by atoms with Crippen molar-refractivity contribution in [2.75, 3.05) is 31.1 Å². The number of hydrogen-bond donors (Lipinski definition) is 0. The number of piperazine rings is 1. The first-order chi connectivity index (χ1) is 12.9. The molecule has 1 aliphatic rings. The monoisotopic (exact) mass is 408 g/mol. The maximum absolute atomic E-state index is 13.9. The van der Waals surface area contributed by atoms with Gasteiger partial charge in [0.15, 0.2) is 0 Å². The summed E-state index contributed by atoms with van der Waals surface area (Å²) >= 11 is 1.12. The van der Waals surface area contributed by atoms with E-state index in [1.165, 1.54) is 10.4 Å². The van der Waals surface area contributed by atoms with Gasteiger partial charge in [-0.05, 0) is 18.2 Å². The van der Waals surface area contributed by atoms with E-state index in [1.807, 2.05) is 4.90 Å². The minimum Gasteiger partial charge on any atom is -0.421 e. The molecule has 1 aromatic carbocycles. The van der Waals surface area contributed by atoms with Gasteiger partial charge in [0.1, 0.15) is 10.0 Å². The normalized spacial score (nSPS) is 16.0. The van der Waals surface area contributed by atoms with Crippen LogP contribution in [0, 0.1) is 12.7 Å². The van der Waals surface area contributed by atoms with Gasteiger partial charge in [0.05, 0.1) is 11.3 Å². The van der Waals surface area contributed by atoms with Gasteiger partial charge in [0.25, 0.3) is 10.0 Å². The molecule has 142 valence electrons. The zero-order valence-electron chi connectivity index (χ0n) is 14.5. The van der Waals surface area contributed by atoms with E-state index < -0.39 is 10.0 Å². The van der Waals surface area contributed by atoms with Crippen LogP contribution in [0.25, 0.3) is 11.5 Å². The van der Waals surface area contributed by atoms with E-state index in [4.69, 9.17) is 4.42 Å². The lowest BCUT2D eigenvalue weighted by Crippen LogP contribution is -2.48. The number of aromatic nitrogens is 2. The van der Waals surface area contributed by atoms with Gasteiger partial charge in [-0.2, -0.15) is 4.31 Å². The quantitative estimate of drug-likeness (QED) is 0.661. The first-order valence-corrected chi connectivity index (χ1v) is 10.7. The van der Waals surface area contributed by atoms with Crippen LogP contribution in [0.3, 0.4) is 0 Å². The van der Waals surface area contributed by atoms with Crippen molar-refractivity contribution < 1.29 is 17.2 Å². The molecule has 0 unspecified atom stereocenters. The fraction of sp³-hybridized carbons (Fsp3) is 0.294. The Labute approximate surface area is 160 Å². The first-order valence-electron chi connectivity index (χ1n) is 8.34. The number of benzene rings is 1.